The first-order chi connectivity index (χ1) is 14.4. The van der Waals surface area contributed by atoms with Crippen LogP contribution in [0.5, 0.6) is 5.75 Å². The average Bonchev–Trinajstić information content (AvgIpc) is 2.73. The lowest BCUT2D eigenvalue weighted by molar-refractivity contribution is -0.123. The van der Waals surface area contributed by atoms with Crippen molar-refractivity contribution in [1.82, 2.24) is 10.6 Å². The van der Waals surface area contributed by atoms with Gasteiger partial charge >= 0.3 is 0 Å². The van der Waals surface area contributed by atoms with Crippen LogP contribution in [-0.2, 0) is 27.5 Å². The molecule has 0 saturated heterocycles. The number of allylic oxidation sites excluding steroid dienone is 1. The van der Waals surface area contributed by atoms with Gasteiger partial charge in [-0.05, 0) is 29.7 Å². The molecule has 0 aliphatic carbocycles. The number of ether oxygens (including phenoxy) is 2. The molecule has 0 radical (unpaired) electrons. The number of benzene rings is 2. The molecule has 0 unspecified atom stereocenters. The Morgan fingerprint density at radius 2 is 1.77 bits per heavy atom. The van der Waals surface area contributed by atoms with Gasteiger partial charge in [-0.1, -0.05) is 42.4 Å². The molecular weight excluding hydrogens is 411 g/mol. The van der Waals surface area contributed by atoms with Crippen molar-refractivity contribution >= 4 is 23.4 Å². The number of hydrogen-bond donors (Lipinski definition) is 2. The van der Waals surface area contributed by atoms with Crippen LogP contribution in [0.3, 0.4) is 0 Å². The molecule has 0 aliphatic rings. The molecular formula is C22H24ClFN2O4. The third kappa shape index (κ3) is 8.23. The molecule has 2 aromatic carbocycles. The van der Waals surface area contributed by atoms with E-state index >= 15 is 0 Å². The Morgan fingerprint density at radius 1 is 1.07 bits per heavy atom. The minimum atomic E-state index is -0.629. The van der Waals surface area contributed by atoms with Gasteiger partial charge in [0.05, 0.1) is 11.6 Å². The molecule has 2 rings (SSSR count). The predicted molar refractivity (Wildman–Crippen MR) is 112 cm³/mol. The van der Waals surface area contributed by atoms with E-state index in [1.807, 2.05) is 24.3 Å². The van der Waals surface area contributed by atoms with Gasteiger partial charge in [-0.2, -0.15) is 0 Å². The summed E-state index contributed by atoms with van der Waals surface area (Å²) in [4.78, 5) is 23.9. The largest absolute Gasteiger partial charge is 0.484 e. The molecule has 6 nitrogen and oxygen atoms in total. The maximum absolute atomic E-state index is 13.3. The Labute approximate surface area is 180 Å². The van der Waals surface area contributed by atoms with E-state index in [0.717, 1.165) is 17.2 Å². The summed E-state index contributed by atoms with van der Waals surface area (Å²) in [5, 5.41) is 5.35. The van der Waals surface area contributed by atoms with Gasteiger partial charge in [0.15, 0.2) is 6.61 Å². The Bertz CT molecular complexity index is 887. The lowest BCUT2D eigenvalue weighted by Gasteiger charge is -2.10. The number of carbonyl (C=O) groups is 2. The predicted octanol–water partition coefficient (Wildman–Crippen LogP) is 3.73. The monoisotopic (exact) mass is 434 g/mol. The molecule has 0 bridgehead atoms. The summed E-state index contributed by atoms with van der Waals surface area (Å²) >= 11 is 5.59. The minimum absolute atomic E-state index is 0.0263. The van der Waals surface area contributed by atoms with Crippen molar-refractivity contribution in [2.45, 2.75) is 26.0 Å². The van der Waals surface area contributed by atoms with E-state index in [0.29, 0.717) is 25.3 Å². The quantitative estimate of drug-likeness (QED) is 0.565. The molecule has 0 fully saturated rings. The maximum atomic E-state index is 13.3. The maximum Gasteiger partial charge on any atom is 0.262 e. The van der Waals surface area contributed by atoms with Gasteiger partial charge in [0, 0.05) is 31.8 Å². The Balaban J connectivity index is 1.64. The number of halogens is 2. The Hall–Kier alpha value is -2.90. The van der Waals surface area contributed by atoms with Gasteiger partial charge in [0.2, 0.25) is 5.91 Å². The fraction of sp³-hybridized carbons (Fsp3) is 0.273. The SMILES string of the molecule is C=C(CCC(=O)NCc1ccc(COC)cc1)NC(=O)COc1ccc(Cl)c(F)c1. The molecule has 0 aliphatic heterocycles. The zero-order valence-corrected chi connectivity index (χ0v) is 17.4. The van der Waals surface area contributed by atoms with Crippen molar-refractivity contribution in [3.63, 3.8) is 0 Å². The summed E-state index contributed by atoms with van der Waals surface area (Å²) < 4.78 is 23.6. The van der Waals surface area contributed by atoms with Crippen molar-refractivity contribution in [2.24, 2.45) is 0 Å². The molecule has 0 saturated carbocycles. The molecule has 160 valence electrons. The summed E-state index contributed by atoms with van der Waals surface area (Å²) in [6.45, 7) is 4.38. The minimum Gasteiger partial charge on any atom is -0.484 e. The number of hydrogen-bond acceptors (Lipinski definition) is 4. The molecule has 30 heavy (non-hydrogen) atoms. The van der Waals surface area contributed by atoms with E-state index < -0.39 is 11.7 Å². The van der Waals surface area contributed by atoms with Crippen LogP contribution in [0, 0.1) is 5.82 Å². The standard InChI is InChI=1S/C22H24ClFN2O4/c1-15(26-22(28)14-30-18-8-9-19(23)20(24)11-18)3-10-21(27)25-12-16-4-6-17(7-5-16)13-29-2/h4-9,11H,1,3,10,12-14H2,2H3,(H,25,27)(H,26,28). The number of methoxy groups -OCH3 is 1. The molecule has 0 heterocycles. The topological polar surface area (TPSA) is 76.7 Å². The van der Waals surface area contributed by atoms with Crippen LogP contribution in [0.2, 0.25) is 5.02 Å². The zero-order valence-electron chi connectivity index (χ0n) is 16.7. The second-order valence-corrected chi connectivity index (χ2v) is 6.95. The normalized spacial score (nSPS) is 10.4. The highest BCUT2D eigenvalue weighted by Crippen LogP contribution is 2.20. The fourth-order valence-corrected chi connectivity index (χ4v) is 2.60. The summed E-state index contributed by atoms with van der Waals surface area (Å²) in [5.41, 5.74) is 2.43. The molecule has 0 atom stereocenters. The van der Waals surface area contributed by atoms with Crippen LogP contribution in [0.15, 0.2) is 54.7 Å². The molecule has 0 aromatic heterocycles. The summed E-state index contributed by atoms with van der Waals surface area (Å²) in [6, 6.07) is 11.7. The molecule has 2 amide bonds. The summed E-state index contributed by atoms with van der Waals surface area (Å²) in [6.07, 6.45) is 0.476. The Kier molecular flexibility index (Phi) is 9.31. The first-order valence-corrected chi connectivity index (χ1v) is 9.64. The third-order valence-electron chi connectivity index (χ3n) is 4.05. The van der Waals surface area contributed by atoms with Crippen LogP contribution in [-0.4, -0.2) is 25.5 Å². The molecule has 2 aromatic rings. The highest BCUT2D eigenvalue weighted by molar-refractivity contribution is 6.30. The van der Waals surface area contributed by atoms with Crippen molar-refractivity contribution < 1.29 is 23.5 Å². The third-order valence-corrected chi connectivity index (χ3v) is 4.36. The summed E-state index contributed by atoms with van der Waals surface area (Å²) in [7, 11) is 1.64. The number of carbonyl (C=O) groups excluding carboxylic acids is 2. The molecule has 0 spiro atoms. The molecule has 8 heteroatoms. The van der Waals surface area contributed by atoms with Crippen molar-refractivity contribution in [3.05, 3.63) is 76.7 Å². The van der Waals surface area contributed by atoms with Crippen LogP contribution >= 0.6 is 11.6 Å². The van der Waals surface area contributed by atoms with Crippen LogP contribution in [0.4, 0.5) is 4.39 Å². The van der Waals surface area contributed by atoms with Gasteiger partial charge in [-0.3, -0.25) is 9.59 Å². The highest BCUT2D eigenvalue weighted by atomic mass is 35.5. The van der Waals surface area contributed by atoms with Gasteiger partial charge in [-0.25, -0.2) is 4.39 Å². The first-order valence-electron chi connectivity index (χ1n) is 9.26. The van der Waals surface area contributed by atoms with Crippen molar-refractivity contribution in [1.29, 1.82) is 0 Å². The Morgan fingerprint density at radius 3 is 2.43 bits per heavy atom. The second kappa shape index (κ2) is 11.9. The van der Waals surface area contributed by atoms with E-state index in [-0.39, 0.29) is 29.7 Å². The van der Waals surface area contributed by atoms with Crippen LogP contribution < -0.4 is 15.4 Å². The van der Waals surface area contributed by atoms with Gasteiger partial charge in [-0.15, -0.1) is 0 Å². The average molecular weight is 435 g/mol. The first kappa shape index (κ1) is 23.4. The van der Waals surface area contributed by atoms with Gasteiger partial charge in [0.1, 0.15) is 11.6 Å². The van der Waals surface area contributed by atoms with Gasteiger partial charge < -0.3 is 20.1 Å². The fourth-order valence-electron chi connectivity index (χ4n) is 2.48. The van der Waals surface area contributed by atoms with E-state index in [2.05, 4.69) is 17.2 Å². The van der Waals surface area contributed by atoms with Crippen molar-refractivity contribution in [2.75, 3.05) is 13.7 Å². The van der Waals surface area contributed by atoms with Crippen LogP contribution in [0.1, 0.15) is 24.0 Å². The molecule has 2 N–H and O–H groups in total. The highest BCUT2D eigenvalue weighted by Gasteiger charge is 2.08. The second-order valence-electron chi connectivity index (χ2n) is 6.54. The lowest BCUT2D eigenvalue weighted by Crippen LogP contribution is -2.29. The van der Waals surface area contributed by atoms with Crippen LogP contribution in [0.25, 0.3) is 0 Å². The van der Waals surface area contributed by atoms with E-state index in [9.17, 15) is 14.0 Å². The van der Waals surface area contributed by atoms with Gasteiger partial charge in [0.25, 0.3) is 5.91 Å². The zero-order chi connectivity index (χ0) is 21.9. The van der Waals surface area contributed by atoms with E-state index in [4.69, 9.17) is 21.1 Å². The number of nitrogens with one attached hydrogen (secondary N) is 2. The lowest BCUT2D eigenvalue weighted by atomic mass is 10.1. The smallest absolute Gasteiger partial charge is 0.262 e. The number of amides is 2. The van der Waals surface area contributed by atoms with Crippen molar-refractivity contribution in [3.8, 4) is 5.75 Å². The number of rotatable bonds is 11. The summed E-state index contributed by atoms with van der Waals surface area (Å²) in [5.74, 6) is -1.05. The van der Waals surface area contributed by atoms with E-state index in [1.54, 1.807) is 7.11 Å². The van der Waals surface area contributed by atoms with E-state index in [1.165, 1.54) is 12.1 Å².